The largest absolute Gasteiger partial charge is 0.459 e. The third kappa shape index (κ3) is 5.67. The van der Waals surface area contributed by atoms with Gasteiger partial charge in [-0.3, -0.25) is 9.59 Å². The van der Waals surface area contributed by atoms with Crippen LogP contribution in [-0.2, 0) is 15.7 Å². The van der Waals surface area contributed by atoms with Gasteiger partial charge in [-0.05, 0) is 42.5 Å². The topological polar surface area (TPSA) is 97.6 Å². The Labute approximate surface area is 184 Å². The van der Waals surface area contributed by atoms with Crippen LogP contribution in [0.1, 0.15) is 26.5 Å². The van der Waals surface area contributed by atoms with Crippen molar-refractivity contribution in [1.29, 1.82) is 0 Å². The molecular weight excluding hydrogens is 453 g/mol. The molecule has 7 nitrogen and oxygen atoms in total. The number of halogens is 4. The predicted octanol–water partition coefficient (Wildman–Crippen LogP) is 5.00. The van der Waals surface area contributed by atoms with Crippen molar-refractivity contribution in [1.82, 2.24) is 0 Å². The number of esters is 1. The fourth-order valence-corrected chi connectivity index (χ4v) is 2.81. The van der Waals surface area contributed by atoms with Crippen molar-refractivity contribution in [3.63, 3.8) is 0 Å². The van der Waals surface area contributed by atoms with Gasteiger partial charge in [-0.1, -0.05) is 23.7 Å². The van der Waals surface area contributed by atoms with Gasteiger partial charge in [-0.15, -0.1) is 0 Å². The Morgan fingerprint density at radius 1 is 1.00 bits per heavy atom. The summed E-state index contributed by atoms with van der Waals surface area (Å²) in [7, 11) is 0. The number of hydrogen-bond donors (Lipinski definition) is 2. The van der Waals surface area contributed by atoms with E-state index < -0.39 is 41.2 Å². The van der Waals surface area contributed by atoms with Gasteiger partial charge in [-0.25, -0.2) is 4.79 Å². The molecule has 0 spiro atoms. The molecule has 0 saturated carbocycles. The fourth-order valence-electron chi connectivity index (χ4n) is 2.59. The second kappa shape index (κ2) is 9.56. The van der Waals surface area contributed by atoms with Gasteiger partial charge in [0.1, 0.15) is 0 Å². The maximum Gasteiger partial charge on any atom is 0.417 e. The lowest BCUT2D eigenvalue weighted by Crippen LogP contribution is -2.22. The molecule has 1 heterocycles. The number of rotatable bonds is 6. The number of amides is 2. The van der Waals surface area contributed by atoms with E-state index in [1.165, 1.54) is 42.7 Å². The van der Waals surface area contributed by atoms with Gasteiger partial charge in [-0.2, -0.15) is 13.2 Å². The number of alkyl halides is 3. The van der Waals surface area contributed by atoms with Gasteiger partial charge < -0.3 is 19.8 Å². The Morgan fingerprint density at radius 3 is 2.44 bits per heavy atom. The molecule has 2 amide bonds. The molecule has 3 aromatic rings. The van der Waals surface area contributed by atoms with Crippen LogP contribution in [0.25, 0.3) is 0 Å². The van der Waals surface area contributed by atoms with Gasteiger partial charge in [0.2, 0.25) is 0 Å². The zero-order valence-corrected chi connectivity index (χ0v) is 16.8. The lowest BCUT2D eigenvalue weighted by atomic mass is 10.1. The first-order valence-electron chi connectivity index (χ1n) is 8.93. The number of carbonyl (C=O) groups excluding carboxylic acids is 3. The van der Waals surface area contributed by atoms with Gasteiger partial charge in [0, 0.05) is 5.69 Å². The van der Waals surface area contributed by atoms with Crippen molar-refractivity contribution in [2.24, 2.45) is 0 Å². The first-order valence-corrected chi connectivity index (χ1v) is 9.30. The maximum absolute atomic E-state index is 12.9. The van der Waals surface area contributed by atoms with Crippen LogP contribution in [-0.4, -0.2) is 24.4 Å². The third-order valence-corrected chi connectivity index (χ3v) is 4.36. The molecule has 0 atom stereocenters. The average molecular weight is 467 g/mol. The van der Waals surface area contributed by atoms with Crippen LogP contribution in [0.4, 0.5) is 24.5 Å². The van der Waals surface area contributed by atoms with Gasteiger partial charge >= 0.3 is 12.1 Å². The molecule has 0 radical (unpaired) electrons. The second-order valence-corrected chi connectivity index (χ2v) is 6.70. The van der Waals surface area contributed by atoms with Crippen molar-refractivity contribution in [2.75, 3.05) is 17.2 Å². The summed E-state index contributed by atoms with van der Waals surface area (Å²) in [5, 5.41) is 4.17. The van der Waals surface area contributed by atoms with Crippen molar-refractivity contribution in [3.05, 3.63) is 82.8 Å². The highest BCUT2D eigenvalue weighted by Gasteiger charge is 2.33. The van der Waals surface area contributed by atoms with E-state index in [0.29, 0.717) is 6.07 Å². The zero-order valence-electron chi connectivity index (χ0n) is 16.0. The molecule has 166 valence electrons. The quantitative estimate of drug-likeness (QED) is 0.498. The normalized spacial score (nSPS) is 11.0. The van der Waals surface area contributed by atoms with Gasteiger partial charge in [0.25, 0.3) is 11.8 Å². The van der Waals surface area contributed by atoms with E-state index in [1.807, 2.05) is 0 Å². The summed E-state index contributed by atoms with van der Waals surface area (Å²) in [5.74, 6) is -2.38. The number of hydrogen-bond acceptors (Lipinski definition) is 5. The molecular formula is C21H14ClF3N2O5. The smallest absolute Gasteiger partial charge is 0.417 e. The zero-order chi connectivity index (χ0) is 23.3. The molecule has 0 aliphatic rings. The highest BCUT2D eigenvalue weighted by molar-refractivity contribution is 6.31. The average Bonchev–Trinajstić information content (AvgIpc) is 3.28. The molecule has 0 aliphatic heterocycles. The van der Waals surface area contributed by atoms with Crippen molar-refractivity contribution < 1.29 is 36.7 Å². The standard InChI is InChI=1S/C21H14ClF3N2O5/c22-15-8-7-12(10-14(15)21(23,24)25)26-18(28)11-32-20(30)13-4-1-2-5-16(13)27-19(29)17-6-3-9-31-17/h1-10H,11H2,(H,26,28)(H,27,29). The van der Waals surface area contributed by atoms with Crippen molar-refractivity contribution in [2.45, 2.75) is 6.18 Å². The van der Waals surface area contributed by atoms with Crippen LogP contribution >= 0.6 is 11.6 Å². The lowest BCUT2D eigenvalue weighted by molar-refractivity contribution is -0.137. The minimum absolute atomic E-state index is 0.0220. The molecule has 0 bridgehead atoms. The second-order valence-electron chi connectivity index (χ2n) is 6.29. The molecule has 1 aromatic heterocycles. The number of ether oxygens (including phenoxy) is 1. The number of benzene rings is 2. The van der Waals surface area contributed by atoms with E-state index in [-0.39, 0.29) is 22.7 Å². The minimum Gasteiger partial charge on any atom is -0.459 e. The van der Waals surface area contributed by atoms with Crippen LogP contribution in [0.15, 0.2) is 65.3 Å². The van der Waals surface area contributed by atoms with Crippen molar-refractivity contribution in [3.8, 4) is 0 Å². The summed E-state index contributed by atoms with van der Waals surface area (Å²) in [6, 6.07) is 11.7. The Balaban J connectivity index is 1.63. The molecule has 3 rings (SSSR count). The summed E-state index contributed by atoms with van der Waals surface area (Å²) in [4.78, 5) is 36.5. The highest BCUT2D eigenvalue weighted by Crippen LogP contribution is 2.36. The Kier molecular flexibility index (Phi) is 6.84. The summed E-state index contributed by atoms with van der Waals surface area (Å²) in [6.45, 7) is -0.775. The van der Waals surface area contributed by atoms with E-state index >= 15 is 0 Å². The first-order chi connectivity index (χ1) is 15.1. The summed E-state index contributed by atoms with van der Waals surface area (Å²) < 4.78 is 48.7. The maximum atomic E-state index is 12.9. The number of carbonyl (C=O) groups is 3. The van der Waals surface area contributed by atoms with Crippen molar-refractivity contribution >= 4 is 40.8 Å². The van der Waals surface area contributed by atoms with E-state index in [9.17, 15) is 27.6 Å². The molecule has 2 N–H and O–H groups in total. The van der Waals surface area contributed by atoms with Crippen LogP contribution in [0, 0.1) is 0 Å². The van der Waals surface area contributed by atoms with E-state index in [4.69, 9.17) is 20.8 Å². The van der Waals surface area contributed by atoms with E-state index in [2.05, 4.69) is 10.6 Å². The van der Waals surface area contributed by atoms with Crippen LogP contribution < -0.4 is 10.6 Å². The number of anilines is 2. The van der Waals surface area contributed by atoms with Crippen LogP contribution in [0.3, 0.4) is 0 Å². The molecule has 32 heavy (non-hydrogen) atoms. The molecule has 2 aromatic carbocycles. The lowest BCUT2D eigenvalue weighted by Gasteiger charge is -2.12. The number of furan rings is 1. The number of para-hydroxylation sites is 1. The van der Waals surface area contributed by atoms with E-state index in [1.54, 1.807) is 6.07 Å². The Hall–Kier alpha value is -3.79. The Morgan fingerprint density at radius 2 is 1.75 bits per heavy atom. The Bertz CT molecular complexity index is 1150. The summed E-state index contributed by atoms with van der Waals surface area (Å²) in [6.07, 6.45) is -3.39. The first kappa shape index (κ1) is 22.9. The molecule has 0 aliphatic carbocycles. The predicted molar refractivity (Wildman–Crippen MR) is 108 cm³/mol. The SMILES string of the molecule is O=C(COC(=O)c1ccccc1NC(=O)c1ccco1)Nc1ccc(Cl)c(C(F)(F)F)c1. The molecule has 0 fully saturated rings. The monoisotopic (exact) mass is 466 g/mol. The molecule has 0 unspecified atom stereocenters. The highest BCUT2D eigenvalue weighted by atomic mass is 35.5. The van der Waals surface area contributed by atoms with Crippen LogP contribution in [0.5, 0.6) is 0 Å². The molecule has 0 saturated heterocycles. The minimum atomic E-state index is -4.70. The fraction of sp³-hybridized carbons (Fsp3) is 0.0952. The summed E-state index contributed by atoms with van der Waals surface area (Å²) >= 11 is 5.53. The number of nitrogens with one attached hydrogen (secondary N) is 2. The summed E-state index contributed by atoms with van der Waals surface area (Å²) in [5.41, 5.74) is -1.21. The van der Waals surface area contributed by atoms with E-state index in [0.717, 1.165) is 6.07 Å². The van der Waals surface area contributed by atoms with Gasteiger partial charge in [0.15, 0.2) is 12.4 Å². The third-order valence-electron chi connectivity index (χ3n) is 4.03. The van der Waals surface area contributed by atoms with Crippen LogP contribution in [0.2, 0.25) is 5.02 Å². The van der Waals surface area contributed by atoms with Gasteiger partial charge in [0.05, 0.1) is 28.1 Å². The molecule has 11 heteroatoms.